The lowest BCUT2D eigenvalue weighted by molar-refractivity contribution is 0.0821. The van der Waals surface area contributed by atoms with Crippen molar-refractivity contribution in [1.82, 2.24) is 30.0 Å². The zero-order valence-corrected chi connectivity index (χ0v) is 12.2. The molecule has 0 unspecified atom stereocenters. The molecule has 3 rings (SSSR count). The molecule has 3 heterocycles. The Morgan fingerprint density at radius 3 is 3.05 bits per heavy atom. The number of carbonyl (C=O) groups excluding carboxylic acids is 1. The third kappa shape index (κ3) is 2.71. The van der Waals surface area contributed by atoms with Crippen LogP contribution in [0, 0.1) is 0 Å². The van der Waals surface area contributed by atoms with Crippen LogP contribution in [0.4, 0.5) is 5.82 Å². The van der Waals surface area contributed by atoms with Gasteiger partial charge in [-0.25, -0.2) is 9.97 Å². The fourth-order valence-electron chi connectivity index (χ4n) is 2.00. The van der Waals surface area contributed by atoms with Gasteiger partial charge in [-0.2, -0.15) is 5.10 Å². The van der Waals surface area contributed by atoms with Crippen LogP contribution < -0.4 is 5.32 Å². The van der Waals surface area contributed by atoms with Crippen LogP contribution in [-0.2, 0) is 6.54 Å². The lowest BCUT2D eigenvalue weighted by atomic mass is 10.2. The van der Waals surface area contributed by atoms with Gasteiger partial charge in [0.2, 0.25) is 0 Å². The Balaban J connectivity index is 1.77. The van der Waals surface area contributed by atoms with Gasteiger partial charge < -0.3 is 10.2 Å². The summed E-state index contributed by atoms with van der Waals surface area (Å²) < 4.78 is 0. The zero-order chi connectivity index (χ0) is 15.5. The molecule has 3 aromatic heterocycles. The number of hydrogen-bond donors (Lipinski definition) is 2. The van der Waals surface area contributed by atoms with Gasteiger partial charge in [-0.1, -0.05) is 0 Å². The van der Waals surface area contributed by atoms with Crippen molar-refractivity contribution in [2.24, 2.45) is 0 Å². The first-order chi connectivity index (χ1) is 10.6. The van der Waals surface area contributed by atoms with E-state index in [4.69, 9.17) is 0 Å². The summed E-state index contributed by atoms with van der Waals surface area (Å²) in [7, 11) is 3.35. The average Bonchev–Trinajstić information content (AvgIpc) is 2.95. The fourth-order valence-corrected chi connectivity index (χ4v) is 2.00. The Labute approximate surface area is 126 Å². The van der Waals surface area contributed by atoms with Gasteiger partial charge in [0.1, 0.15) is 11.5 Å². The lowest BCUT2D eigenvalue weighted by Crippen LogP contribution is -2.23. The van der Waals surface area contributed by atoms with E-state index in [1.807, 2.05) is 12.1 Å². The highest BCUT2D eigenvalue weighted by Crippen LogP contribution is 2.14. The number of anilines is 1. The van der Waals surface area contributed by atoms with Gasteiger partial charge >= 0.3 is 0 Å². The average molecular weight is 297 g/mol. The molecule has 112 valence electrons. The highest BCUT2D eigenvalue weighted by Gasteiger charge is 2.11. The second-order valence-electron chi connectivity index (χ2n) is 4.92. The van der Waals surface area contributed by atoms with Crippen molar-refractivity contribution in [2.45, 2.75) is 6.54 Å². The standard InChI is InChI=1S/C14H15N7O/c1-21(2)14(22)11-6-15-8-12(18-11)17-7-10-9-4-3-5-16-13(9)20-19-10/h3-6,8H,7H2,1-2H3,(H,17,18)(H,16,19,20). The molecule has 3 aromatic rings. The molecule has 0 spiro atoms. The molecular formula is C14H15N7O. The molecule has 2 N–H and O–H groups in total. The van der Waals surface area contributed by atoms with Crippen LogP contribution in [0.3, 0.4) is 0 Å². The van der Waals surface area contributed by atoms with Crippen LogP contribution >= 0.6 is 0 Å². The predicted molar refractivity (Wildman–Crippen MR) is 81.3 cm³/mol. The molecule has 0 radical (unpaired) electrons. The maximum atomic E-state index is 11.9. The van der Waals surface area contributed by atoms with Crippen molar-refractivity contribution < 1.29 is 4.79 Å². The number of nitrogens with zero attached hydrogens (tertiary/aromatic N) is 5. The molecule has 0 fully saturated rings. The van der Waals surface area contributed by atoms with Crippen LogP contribution in [0.2, 0.25) is 0 Å². The van der Waals surface area contributed by atoms with Gasteiger partial charge in [0, 0.05) is 25.7 Å². The highest BCUT2D eigenvalue weighted by molar-refractivity contribution is 5.91. The number of amides is 1. The van der Waals surface area contributed by atoms with E-state index in [0.29, 0.717) is 23.7 Å². The summed E-state index contributed by atoms with van der Waals surface area (Å²) in [6.45, 7) is 0.483. The Hall–Kier alpha value is -3.03. The van der Waals surface area contributed by atoms with Crippen LogP contribution in [-0.4, -0.2) is 50.1 Å². The number of hydrogen-bond acceptors (Lipinski definition) is 6. The number of rotatable bonds is 4. The lowest BCUT2D eigenvalue weighted by Gasteiger charge is -2.10. The summed E-state index contributed by atoms with van der Waals surface area (Å²) in [5, 5.41) is 11.1. The molecule has 0 saturated heterocycles. The van der Waals surface area contributed by atoms with E-state index in [9.17, 15) is 4.79 Å². The third-order valence-electron chi connectivity index (χ3n) is 3.11. The minimum absolute atomic E-state index is 0.188. The summed E-state index contributed by atoms with van der Waals surface area (Å²) in [4.78, 5) is 25.8. The molecule has 8 heteroatoms. The molecule has 0 aliphatic rings. The molecule has 8 nitrogen and oxygen atoms in total. The van der Waals surface area contributed by atoms with Gasteiger partial charge in [0.15, 0.2) is 5.65 Å². The molecule has 0 saturated carbocycles. The fraction of sp³-hybridized carbons (Fsp3) is 0.214. The van der Waals surface area contributed by atoms with E-state index >= 15 is 0 Å². The molecule has 0 aliphatic heterocycles. The van der Waals surface area contributed by atoms with Crippen molar-refractivity contribution >= 4 is 22.8 Å². The maximum Gasteiger partial charge on any atom is 0.273 e. The molecule has 0 bridgehead atoms. The molecule has 0 aromatic carbocycles. The normalized spacial score (nSPS) is 10.6. The Morgan fingerprint density at radius 1 is 1.36 bits per heavy atom. The van der Waals surface area contributed by atoms with E-state index in [2.05, 4.69) is 30.5 Å². The first kappa shape index (κ1) is 13.9. The van der Waals surface area contributed by atoms with Gasteiger partial charge in [0.25, 0.3) is 5.91 Å². The monoisotopic (exact) mass is 297 g/mol. The van der Waals surface area contributed by atoms with E-state index in [0.717, 1.165) is 11.1 Å². The quantitative estimate of drug-likeness (QED) is 0.747. The SMILES string of the molecule is CN(C)C(=O)c1cncc(NCc2[nH]nc3ncccc23)n1. The number of fused-ring (bicyclic) bond motifs is 1. The molecule has 0 aliphatic carbocycles. The number of H-pyrrole nitrogens is 1. The second-order valence-corrected chi connectivity index (χ2v) is 4.92. The van der Waals surface area contributed by atoms with Gasteiger partial charge in [-0.05, 0) is 12.1 Å². The summed E-state index contributed by atoms with van der Waals surface area (Å²) >= 11 is 0. The molecular weight excluding hydrogens is 282 g/mol. The maximum absolute atomic E-state index is 11.9. The van der Waals surface area contributed by atoms with Crippen LogP contribution in [0.1, 0.15) is 16.2 Å². The number of aromatic amines is 1. The van der Waals surface area contributed by atoms with Crippen molar-refractivity contribution in [3.63, 3.8) is 0 Å². The molecule has 0 atom stereocenters. The Kier molecular flexibility index (Phi) is 3.65. The Morgan fingerprint density at radius 2 is 2.23 bits per heavy atom. The van der Waals surface area contributed by atoms with Gasteiger partial charge in [-0.15, -0.1) is 0 Å². The minimum atomic E-state index is -0.188. The minimum Gasteiger partial charge on any atom is -0.363 e. The largest absolute Gasteiger partial charge is 0.363 e. The van der Waals surface area contributed by atoms with Gasteiger partial charge in [0.05, 0.1) is 24.6 Å². The second kappa shape index (κ2) is 5.76. The van der Waals surface area contributed by atoms with E-state index in [1.165, 1.54) is 11.1 Å². The van der Waals surface area contributed by atoms with Crippen LogP contribution in [0.25, 0.3) is 11.0 Å². The van der Waals surface area contributed by atoms with Crippen molar-refractivity contribution in [3.8, 4) is 0 Å². The van der Waals surface area contributed by atoms with Crippen LogP contribution in [0.15, 0.2) is 30.7 Å². The number of aromatic nitrogens is 5. The smallest absolute Gasteiger partial charge is 0.273 e. The number of carbonyl (C=O) groups is 1. The topological polar surface area (TPSA) is 99.7 Å². The summed E-state index contributed by atoms with van der Waals surface area (Å²) in [5.41, 5.74) is 1.86. The summed E-state index contributed by atoms with van der Waals surface area (Å²) in [5.74, 6) is 0.340. The number of pyridine rings is 1. The van der Waals surface area contributed by atoms with Crippen molar-refractivity contribution in [3.05, 3.63) is 42.1 Å². The summed E-state index contributed by atoms with van der Waals surface area (Å²) in [6, 6.07) is 3.80. The number of nitrogens with one attached hydrogen (secondary N) is 2. The third-order valence-corrected chi connectivity index (χ3v) is 3.11. The van der Waals surface area contributed by atoms with Crippen molar-refractivity contribution in [2.75, 3.05) is 19.4 Å². The molecule has 22 heavy (non-hydrogen) atoms. The first-order valence-corrected chi connectivity index (χ1v) is 6.70. The molecule has 1 amide bonds. The van der Waals surface area contributed by atoms with E-state index < -0.39 is 0 Å². The van der Waals surface area contributed by atoms with Gasteiger partial charge in [-0.3, -0.25) is 14.9 Å². The highest BCUT2D eigenvalue weighted by atomic mass is 16.2. The van der Waals surface area contributed by atoms with Crippen LogP contribution in [0.5, 0.6) is 0 Å². The predicted octanol–water partition coefficient (Wildman–Crippen LogP) is 1.06. The van der Waals surface area contributed by atoms with Crippen molar-refractivity contribution in [1.29, 1.82) is 0 Å². The Bertz CT molecular complexity index is 812. The zero-order valence-electron chi connectivity index (χ0n) is 12.2. The summed E-state index contributed by atoms with van der Waals surface area (Å²) in [6.07, 6.45) is 4.72. The first-order valence-electron chi connectivity index (χ1n) is 6.70. The van der Waals surface area contributed by atoms with E-state index in [-0.39, 0.29) is 5.91 Å². The van der Waals surface area contributed by atoms with E-state index in [1.54, 1.807) is 26.5 Å².